The molecule has 2 heterocycles. The number of benzene rings is 1. The van der Waals surface area contributed by atoms with E-state index in [2.05, 4.69) is 15.4 Å². The van der Waals surface area contributed by atoms with E-state index in [4.69, 9.17) is 28.6 Å². The summed E-state index contributed by atoms with van der Waals surface area (Å²) in [4.78, 5) is 28.2. The predicted octanol–water partition coefficient (Wildman–Crippen LogP) is 0.662. The lowest BCUT2D eigenvalue weighted by Gasteiger charge is -2.07. The summed E-state index contributed by atoms with van der Waals surface area (Å²) in [6.45, 7) is 0.0700. The summed E-state index contributed by atoms with van der Waals surface area (Å²) in [5.41, 5.74) is -0.876. The number of fused-ring (bicyclic) bond motifs is 1. The standard InChI is InChI=1S/C15H8Cl2N5O3/c16-9-2-1-7(3-10(9)17)5-19-14(24)11-12(23)15(25)22-13(21-11)8(4-18)6-20-22/h1-3,6,23H,5H2,(H,19,24)/q-1. The van der Waals surface area contributed by atoms with Gasteiger partial charge in [-0.05, 0) is 17.7 Å². The molecule has 126 valence electrons. The van der Waals surface area contributed by atoms with E-state index in [0.29, 0.717) is 15.6 Å². The fourth-order valence-electron chi connectivity index (χ4n) is 2.11. The van der Waals surface area contributed by atoms with Crippen LogP contribution in [0, 0.1) is 0 Å². The number of carbonyl (C=O) groups excluding carboxylic acids is 1. The zero-order valence-electron chi connectivity index (χ0n) is 12.3. The van der Waals surface area contributed by atoms with Crippen LogP contribution in [0.2, 0.25) is 10.0 Å². The number of nitrogens with zero attached hydrogens (tertiary/aromatic N) is 4. The monoisotopic (exact) mass is 376 g/mol. The Labute approximate surface area is 149 Å². The fourth-order valence-corrected chi connectivity index (χ4v) is 2.43. The summed E-state index contributed by atoms with van der Waals surface area (Å²) in [7, 11) is 0. The zero-order valence-corrected chi connectivity index (χ0v) is 13.8. The van der Waals surface area contributed by atoms with Gasteiger partial charge in [0.05, 0.1) is 21.5 Å². The second-order valence-electron chi connectivity index (χ2n) is 4.95. The van der Waals surface area contributed by atoms with Gasteiger partial charge in [-0.1, -0.05) is 29.3 Å². The highest BCUT2D eigenvalue weighted by Crippen LogP contribution is 2.22. The quantitative estimate of drug-likeness (QED) is 0.650. The molecule has 0 atom stereocenters. The Kier molecular flexibility index (Phi) is 4.41. The van der Waals surface area contributed by atoms with Crippen molar-refractivity contribution in [3.05, 3.63) is 66.7 Å². The van der Waals surface area contributed by atoms with Gasteiger partial charge in [-0.2, -0.15) is 9.61 Å². The molecule has 0 unspecified atom stereocenters. The second-order valence-corrected chi connectivity index (χ2v) is 5.77. The average Bonchev–Trinajstić information content (AvgIpc) is 3.02. The van der Waals surface area contributed by atoms with Crippen molar-refractivity contribution in [2.24, 2.45) is 0 Å². The number of hydrogen-bond acceptors (Lipinski definition) is 5. The van der Waals surface area contributed by atoms with Crippen molar-refractivity contribution in [2.45, 2.75) is 6.54 Å². The highest BCUT2D eigenvalue weighted by molar-refractivity contribution is 6.42. The van der Waals surface area contributed by atoms with Crippen LogP contribution in [-0.2, 0) is 6.54 Å². The Morgan fingerprint density at radius 3 is 2.80 bits per heavy atom. The lowest BCUT2D eigenvalue weighted by atomic mass is 10.2. The number of halogens is 2. The number of amides is 1. The third-order valence-corrected chi connectivity index (χ3v) is 4.09. The Hall–Kier alpha value is -2.93. The molecule has 0 aliphatic rings. The molecular formula is C15H8Cl2N5O3-. The SMILES string of the molecule is [N-]=C=c1cnn2c(=O)c(O)c(C(=O)NCc3ccc(Cl)c(Cl)c3)nc12. The molecule has 0 aliphatic heterocycles. The number of nitrogens with one attached hydrogen (secondary N) is 1. The molecule has 0 spiro atoms. The second kappa shape index (κ2) is 6.52. The van der Waals surface area contributed by atoms with Crippen molar-refractivity contribution in [2.75, 3.05) is 0 Å². The first-order valence-corrected chi connectivity index (χ1v) is 7.58. The van der Waals surface area contributed by atoms with E-state index in [1.807, 2.05) is 0 Å². The molecule has 2 N–H and O–H groups in total. The first kappa shape index (κ1) is 16.9. The van der Waals surface area contributed by atoms with Gasteiger partial charge in [0.25, 0.3) is 5.91 Å². The Morgan fingerprint density at radius 1 is 1.36 bits per heavy atom. The molecule has 2 aromatic heterocycles. The molecule has 10 heteroatoms. The van der Waals surface area contributed by atoms with E-state index in [1.54, 1.807) is 24.1 Å². The van der Waals surface area contributed by atoms with Crippen molar-refractivity contribution in [1.82, 2.24) is 19.9 Å². The predicted molar refractivity (Wildman–Crippen MR) is 91.2 cm³/mol. The van der Waals surface area contributed by atoms with E-state index >= 15 is 0 Å². The van der Waals surface area contributed by atoms with Gasteiger partial charge in [-0.15, -0.1) is 0 Å². The van der Waals surface area contributed by atoms with Crippen LogP contribution in [-0.4, -0.2) is 31.5 Å². The normalized spacial score (nSPS) is 10.6. The van der Waals surface area contributed by atoms with Gasteiger partial charge in [-0.25, -0.2) is 4.98 Å². The molecular weight excluding hydrogens is 369 g/mol. The van der Waals surface area contributed by atoms with Crippen LogP contribution < -0.4 is 16.1 Å². The van der Waals surface area contributed by atoms with Gasteiger partial charge in [0.1, 0.15) is 0 Å². The molecule has 3 rings (SSSR count). The van der Waals surface area contributed by atoms with Gasteiger partial charge < -0.3 is 15.8 Å². The van der Waals surface area contributed by atoms with E-state index < -0.39 is 22.9 Å². The first-order chi connectivity index (χ1) is 11.9. The minimum Gasteiger partial charge on any atom is -0.763 e. The van der Waals surface area contributed by atoms with Gasteiger partial charge in [0, 0.05) is 6.54 Å². The summed E-state index contributed by atoms with van der Waals surface area (Å²) in [6.07, 6.45) is 1.13. The Bertz CT molecular complexity index is 1140. The summed E-state index contributed by atoms with van der Waals surface area (Å²) in [5, 5.41) is 25.8. The molecule has 0 saturated heterocycles. The molecule has 1 amide bonds. The molecule has 0 aliphatic carbocycles. The van der Waals surface area contributed by atoms with E-state index in [9.17, 15) is 14.7 Å². The van der Waals surface area contributed by atoms with Crippen LogP contribution in [0.15, 0.2) is 29.2 Å². The molecule has 0 saturated carbocycles. The molecule has 1 aromatic carbocycles. The maximum atomic E-state index is 12.3. The number of aromatic nitrogens is 3. The maximum Gasteiger partial charge on any atom is 0.317 e. The number of hydrogen-bond donors (Lipinski definition) is 2. The van der Waals surface area contributed by atoms with Gasteiger partial charge in [0.15, 0.2) is 11.3 Å². The molecule has 0 radical (unpaired) electrons. The molecule has 25 heavy (non-hydrogen) atoms. The summed E-state index contributed by atoms with van der Waals surface area (Å²) < 4.78 is 0.754. The largest absolute Gasteiger partial charge is 0.763 e. The minimum absolute atomic E-state index is 0.00985. The van der Waals surface area contributed by atoms with Crippen LogP contribution in [0.3, 0.4) is 0 Å². The third-order valence-electron chi connectivity index (χ3n) is 3.35. The van der Waals surface area contributed by atoms with Crippen LogP contribution >= 0.6 is 23.2 Å². The van der Waals surface area contributed by atoms with Gasteiger partial charge >= 0.3 is 5.56 Å². The smallest absolute Gasteiger partial charge is 0.317 e. The number of rotatable bonds is 3. The third kappa shape index (κ3) is 3.06. The Morgan fingerprint density at radius 2 is 2.12 bits per heavy atom. The fraction of sp³-hybridized carbons (Fsp3) is 0.0667. The summed E-state index contributed by atoms with van der Waals surface area (Å²) >= 11 is 11.7. The maximum absolute atomic E-state index is 12.3. The lowest BCUT2D eigenvalue weighted by Crippen LogP contribution is -2.28. The lowest BCUT2D eigenvalue weighted by molar-refractivity contribution is 0.0942. The highest BCUT2D eigenvalue weighted by atomic mass is 35.5. The average molecular weight is 377 g/mol. The van der Waals surface area contributed by atoms with Crippen molar-refractivity contribution >= 4 is 40.6 Å². The Balaban J connectivity index is 1.94. The highest BCUT2D eigenvalue weighted by Gasteiger charge is 2.19. The summed E-state index contributed by atoms with van der Waals surface area (Å²) in [6, 6.07) is 4.81. The number of aromatic hydroxyl groups is 1. The van der Waals surface area contributed by atoms with Crippen molar-refractivity contribution in [3.8, 4) is 5.75 Å². The molecule has 8 nitrogen and oxygen atoms in total. The van der Waals surface area contributed by atoms with Gasteiger partial charge in [0.2, 0.25) is 5.75 Å². The number of carbonyl (C=O) groups is 1. The van der Waals surface area contributed by atoms with E-state index in [-0.39, 0.29) is 17.4 Å². The van der Waals surface area contributed by atoms with Crippen LogP contribution in [0.25, 0.3) is 11.1 Å². The molecule has 0 bridgehead atoms. The van der Waals surface area contributed by atoms with Crippen LogP contribution in [0.1, 0.15) is 16.1 Å². The summed E-state index contributed by atoms with van der Waals surface area (Å²) in [5.74, 6) is 0.168. The van der Waals surface area contributed by atoms with Gasteiger partial charge in [-0.3, -0.25) is 15.5 Å². The minimum atomic E-state index is -0.939. The molecule has 3 aromatic rings. The zero-order chi connectivity index (χ0) is 18.1. The van der Waals surface area contributed by atoms with Crippen molar-refractivity contribution < 1.29 is 9.90 Å². The van der Waals surface area contributed by atoms with Crippen molar-refractivity contribution in [1.29, 1.82) is 0 Å². The first-order valence-electron chi connectivity index (χ1n) is 6.82. The van der Waals surface area contributed by atoms with E-state index in [1.165, 1.54) is 0 Å². The van der Waals surface area contributed by atoms with Crippen LogP contribution in [0.5, 0.6) is 5.75 Å². The topological polar surface area (TPSA) is 119 Å². The van der Waals surface area contributed by atoms with Crippen LogP contribution in [0.4, 0.5) is 0 Å². The molecule has 0 fully saturated rings. The van der Waals surface area contributed by atoms with E-state index in [0.717, 1.165) is 10.7 Å². The van der Waals surface area contributed by atoms with Crippen molar-refractivity contribution in [3.63, 3.8) is 0 Å².